The van der Waals surface area contributed by atoms with E-state index in [4.69, 9.17) is 23.2 Å². The number of hydrogen-bond donors (Lipinski definition) is 2. The van der Waals surface area contributed by atoms with Crippen LogP contribution in [-0.2, 0) is 4.79 Å². The number of amides is 1. The Kier molecular flexibility index (Phi) is 4.26. The van der Waals surface area contributed by atoms with Crippen LogP contribution in [0, 0.1) is 0 Å². The van der Waals surface area contributed by atoms with Crippen LogP contribution in [0.1, 0.15) is 19.3 Å². The highest BCUT2D eigenvalue weighted by Gasteiger charge is 2.20. The molecule has 2 N–H and O–H groups in total. The van der Waals surface area contributed by atoms with Crippen molar-refractivity contribution in [1.29, 1.82) is 0 Å². The van der Waals surface area contributed by atoms with Crippen LogP contribution >= 0.6 is 23.2 Å². The van der Waals surface area contributed by atoms with E-state index in [-0.39, 0.29) is 5.91 Å². The van der Waals surface area contributed by atoms with Gasteiger partial charge in [-0.2, -0.15) is 0 Å². The Morgan fingerprint density at radius 3 is 2.82 bits per heavy atom. The molecule has 1 amide bonds. The lowest BCUT2D eigenvalue weighted by Gasteiger charge is -2.08. The van der Waals surface area contributed by atoms with Crippen LogP contribution in [0.2, 0.25) is 10.0 Å². The largest absolute Gasteiger partial charge is 0.325 e. The average Bonchev–Trinajstić information content (AvgIpc) is 3.07. The van der Waals surface area contributed by atoms with Crippen molar-refractivity contribution in [3.8, 4) is 0 Å². The number of carbonyl (C=O) groups is 1. The molecule has 1 aliphatic rings. The van der Waals surface area contributed by atoms with Gasteiger partial charge in [0.1, 0.15) is 0 Å². The maximum absolute atomic E-state index is 11.6. The second-order valence-corrected chi connectivity index (χ2v) is 4.99. The fourth-order valence-electron chi connectivity index (χ4n) is 1.48. The molecule has 0 saturated heterocycles. The summed E-state index contributed by atoms with van der Waals surface area (Å²) in [5.74, 6) is -0.0534. The minimum atomic E-state index is -0.0534. The molecule has 1 aromatic rings. The van der Waals surface area contributed by atoms with E-state index in [0.717, 1.165) is 0 Å². The third-order valence-electron chi connectivity index (χ3n) is 2.56. The molecule has 0 bridgehead atoms. The first-order chi connectivity index (χ1) is 8.15. The van der Waals surface area contributed by atoms with Crippen LogP contribution in [0.25, 0.3) is 0 Å². The minimum Gasteiger partial charge on any atom is -0.325 e. The first-order valence-electron chi connectivity index (χ1n) is 5.63. The molecular formula is C12H14Cl2N2O. The average molecular weight is 273 g/mol. The van der Waals surface area contributed by atoms with Gasteiger partial charge >= 0.3 is 0 Å². The lowest BCUT2D eigenvalue weighted by atomic mass is 10.3. The summed E-state index contributed by atoms with van der Waals surface area (Å²) in [6.07, 6.45) is 2.89. The van der Waals surface area contributed by atoms with Crippen molar-refractivity contribution in [1.82, 2.24) is 5.32 Å². The van der Waals surface area contributed by atoms with Gasteiger partial charge in [0, 0.05) is 24.0 Å². The fourth-order valence-corrected chi connectivity index (χ4v) is 1.82. The molecule has 2 rings (SSSR count). The van der Waals surface area contributed by atoms with Crippen molar-refractivity contribution in [2.24, 2.45) is 0 Å². The Bertz CT molecular complexity index is 419. The number of nitrogens with one attached hydrogen (secondary N) is 2. The first-order valence-corrected chi connectivity index (χ1v) is 6.39. The van der Waals surface area contributed by atoms with Crippen LogP contribution in [0.3, 0.4) is 0 Å². The van der Waals surface area contributed by atoms with E-state index in [1.807, 2.05) is 0 Å². The summed E-state index contributed by atoms with van der Waals surface area (Å²) in [5.41, 5.74) is 0.565. The van der Waals surface area contributed by atoms with Crippen LogP contribution in [0.4, 0.5) is 5.69 Å². The van der Waals surface area contributed by atoms with Gasteiger partial charge in [-0.1, -0.05) is 23.2 Å². The van der Waals surface area contributed by atoms with Gasteiger partial charge in [-0.3, -0.25) is 4.79 Å². The Labute approximate surface area is 110 Å². The highest BCUT2D eigenvalue weighted by atomic mass is 35.5. The van der Waals surface area contributed by atoms with Crippen molar-refractivity contribution in [3.05, 3.63) is 28.2 Å². The molecule has 0 aliphatic heterocycles. The second-order valence-electron chi connectivity index (χ2n) is 4.15. The predicted molar refractivity (Wildman–Crippen MR) is 70.7 cm³/mol. The third-order valence-corrected chi connectivity index (χ3v) is 3.13. The quantitative estimate of drug-likeness (QED) is 0.865. The van der Waals surface area contributed by atoms with E-state index >= 15 is 0 Å². The minimum absolute atomic E-state index is 0.0534. The van der Waals surface area contributed by atoms with E-state index in [1.165, 1.54) is 12.8 Å². The summed E-state index contributed by atoms with van der Waals surface area (Å²) in [6.45, 7) is 0.703. The monoisotopic (exact) mass is 272 g/mol. The maximum atomic E-state index is 11.6. The van der Waals surface area contributed by atoms with Gasteiger partial charge < -0.3 is 10.6 Å². The molecule has 1 fully saturated rings. The number of hydrogen-bond acceptors (Lipinski definition) is 2. The van der Waals surface area contributed by atoms with Crippen molar-refractivity contribution < 1.29 is 4.79 Å². The SMILES string of the molecule is O=C(CCNC1CC1)Nc1cc(Cl)ccc1Cl. The predicted octanol–water partition coefficient (Wildman–Crippen LogP) is 3.07. The Morgan fingerprint density at radius 2 is 2.12 bits per heavy atom. The molecule has 0 aromatic heterocycles. The number of carbonyl (C=O) groups excluding carboxylic acids is 1. The first kappa shape index (κ1) is 12.7. The lowest BCUT2D eigenvalue weighted by Crippen LogP contribution is -2.23. The molecular weight excluding hydrogens is 259 g/mol. The smallest absolute Gasteiger partial charge is 0.225 e. The molecule has 1 saturated carbocycles. The highest BCUT2D eigenvalue weighted by Crippen LogP contribution is 2.25. The summed E-state index contributed by atoms with van der Waals surface area (Å²) in [5, 5.41) is 7.08. The maximum Gasteiger partial charge on any atom is 0.225 e. The van der Waals surface area contributed by atoms with Crippen molar-refractivity contribution in [2.75, 3.05) is 11.9 Å². The summed E-state index contributed by atoms with van der Waals surface area (Å²) < 4.78 is 0. The number of halogens is 2. The van der Waals surface area contributed by atoms with Crippen LogP contribution in [0.5, 0.6) is 0 Å². The molecule has 5 heteroatoms. The van der Waals surface area contributed by atoms with Gasteiger partial charge in [-0.15, -0.1) is 0 Å². The molecule has 0 unspecified atom stereocenters. The third kappa shape index (κ3) is 4.19. The van der Waals surface area contributed by atoms with E-state index in [9.17, 15) is 4.79 Å². The number of benzene rings is 1. The Hall–Kier alpha value is -0.770. The van der Waals surface area contributed by atoms with Gasteiger partial charge in [0.25, 0.3) is 0 Å². The molecule has 0 heterocycles. The van der Waals surface area contributed by atoms with Gasteiger partial charge in [0.2, 0.25) is 5.91 Å². The summed E-state index contributed by atoms with van der Waals surface area (Å²) in [6, 6.07) is 5.63. The summed E-state index contributed by atoms with van der Waals surface area (Å²) in [4.78, 5) is 11.6. The highest BCUT2D eigenvalue weighted by molar-refractivity contribution is 6.35. The summed E-state index contributed by atoms with van der Waals surface area (Å²) >= 11 is 11.8. The summed E-state index contributed by atoms with van der Waals surface area (Å²) in [7, 11) is 0. The van der Waals surface area contributed by atoms with E-state index in [0.29, 0.717) is 34.7 Å². The van der Waals surface area contributed by atoms with Gasteiger partial charge in [-0.25, -0.2) is 0 Å². The Morgan fingerprint density at radius 1 is 1.35 bits per heavy atom. The molecule has 1 aliphatic carbocycles. The lowest BCUT2D eigenvalue weighted by molar-refractivity contribution is -0.116. The molecule has 0 spiro atoms. The molecule has 92 valence electrons. The zero-order valence-electron chi connectivity index (χ0n) is 9.30. The topological polar surface area (TPSA) is 41.1 Å². The van der Waals surface area contributed by atoms with Gasteiger partial charge in [0.05, 0.1) is 10.7 Å². The zero-order chi connectivity index (χ0) is 12.3. The zero-order valence-corrected chi connectivity index (χ0v) is 10.8. The van der Waals surface area contributed by atoms with Crippen LogP contribution in [-0.4, -0.2) is 18.5 Å². The Balaban J connectivity index is 1.81. The van der Waals surface area contributed by atoms with Gasteiger partial charge in [0.15, 0.2) is 0 Å². The standard InChI is InChI=1S/C12H14Cl2N2O/c13-8-1-4-10(14)11(7-8)16-12(17)5-6-15-9-2-3-9/h1,4,7,9,15H,2-3,5-6H2,(H,16,17). The number of rotatable bonds is 5. The van der Waals surface area contributed by atoms with Gasteiger partial charge in [-0.05, 0) is 31.0 Å². The van der Waals surface area contributed by atoms with Crippen LogP contribution in [0.15, 0.2) is 18.2 Å². The van der Waals surface area contributed by atoms with Crippen LogP contribution < -0.4 is 10.6 Å². The molecule has 1 aromatic carbocycles. The van der Waals surface area contributed by atoms with Crippen molar-refractivity contribution >= 4 is 34.8 Å². The van der Waals surface area contributed by atoms with Crippen molar-refractivity contribution in [3.63, 3.8) is 0 Å². The van der Waals surface area contributed by atoms with E-state index in [2.05, 4.69) is 10.6 Å². The second kappa shape index (κ2) is 5.71. The molecule has 0 atom stereocenters. The fraction of sp³-hybridized carbons (Fsp3) is 0.417. The normalized spacial score (nSPS) is 14.7. The van der Waals surface area contributed by atoms with Crippen molar-refractivity contribution in [2.45, 2.75) is 25.3 Å². The van der Waals surface area contributed by atoms with E-state index in [1.54, 1.807) is 18.2 Å². The van der Waals surface area contributed by atoms with E-state index < -0.39 is 0 Å². The molecule has 0 radical (unpaired) electrons. The number of anilines is 1. The molecule has 3 nitrogen and oxygen atoms in total. The molecule has 17 heavy (non-hydrogen) atoms.